The van der Waals surface area contributed by atoms with E-state index in [1.54, 1.807) is 0 Å². The normalized spacial score (nSPS) is 10.8. The van der Waals surface area contributed by atoms with Crippen LogP contribution in [0.5, 0.6) is 0 Å². The topological polar surface area (TPSA) is 72.8 Å². The van der Waals surface area contributed by atoms with Gasteiger partial charge in [-0.1, -0.05) is 26.7 Å². The lowest BCUT2D eigenvalue weighted by atomic mass is 10.2. The van der Waals surface area contributed by atoms with Gasteiger partial charge < -0.3 is 14.6 Å². The summed E-state index contributed by atoms with van der Waals surface area (Å²) in [5.74, 6) is -1.68. The van der Waals surface area contributed by atoms with Crippen molar-refractivity contribution < 1.29 is 24.2 Å². The number of aliphatic carboxylic acids is 1. The Morgan fingerprint density at radius 1 is 1.06 bits per heavy atom. The molecular formula is C12H22O5. The first-order valence-electron chi connectivity index (χ1n) is 6.09. The summed E-state index contributed by atoms with van der Waals surface area (Å²) in [4.78, 5) is 22.0. The Balaban J connectivity index is 4.07. The van der Waals surface area contributed by atoms with E-state index in [0.29, 0.717) is 13.2 Å². The second kappa shape index (κ2) is 10.2. The van der Waals surface area contributed by atoms with E-state index < -0.39 is 24.5 Å². The van der Waals surface area contributed by atoms with Crippen LogP contribution < -0.4 is 0 Å². The highest BCUT2D eigenvalue weighted by atomic mass is 16.7. The van der Waals surface area contributed by atoms with Crippen LogP contribution in [0.15, 0.2) is 0 Å². The molecule has 0 fully saturated rings. The lowest BCUT2D eigenvalue weighted by Gasteiger charge is -2.16. The largest absolute Gasteiger partial charge is 0.481 e. The Morgan fingerprint density at radius 3 is 1.88 bits per heavy atom. The van der Waals surface area contributed by atoms with Gasteiger partial charge in [0.05, 0.1) is 13.2 Å². The minimum atomic E-state index is -1.15. The highest BCUT2D eigenvalue weighted by Crippen LogP contribution is 2.04. The molecule has 0 bridgehead atoms. The summed E-state index contributed by atoms with van der Waals surface area (Å²) in [5.41, 5.74) is 0. The number of rotatable bonds is 11. The minimum Gasteiger partial charge on any atom is -0.481 e. The molecule has 17 heavy (non-hydrogen) atoms. The Labute approximate surface area is 102 Å². The number of carbonyl (C=O) groups is 2. The van der Waals surface area contributed by atoms with Gasteiger partial charge in [-0.25, -0.2) is 0 Å². The van der Waals surface area contributed by atoms with Gasteiger partial charge in [-0.15, -0.1) is 0 Å². The van der Waals surface area contributed by atoms with E-state index in [1.165, 1.54) is 0 Å². The van der Waals surface area contributed by atoms with Crippen LogP contribution in [0.1, 0.15) is 46.0 Å². The molecule has 0 aliphatic heterocycles. The summed E-state index contributed by atoms with van der Waals surface area (Å²) in [6.45, 7) is 4.85. The van der Waals surface area contributed by atoms with Crippen molar-refractivity contribution in [1.82, 2.24) is 0 Å². The number of carbonyl (C=O) groups excluding carboxylic acids is 1. The van der Waals surface area contributed by atoms with Gasteiger partial charge in [0.25, 0.3) is 0 Å². The molecule has 0 radical (unpaired) electrons. The van der Waals surface area contributed by atoms with Gasteiger partial charge in [-0.2, -0.15) is 0 Å². The van der Waals surface area contributed by atoms with Crippen molar-refractivity contribution in [2.45, 2.75) is 52.2 Å². The number of carboxylic acids is 1. The molecule has 0 aliphatic carbocycles. The van der Waals surface area contributed by atoms with Crippen molar-refractivity contribution in [3.8, 4) is 0 Å². The van der Waals surface area contributed by atoms with Crippen LogP contribution in [-0.2, 0) is 19.1 Å². The van der Waals surface area contributed by atoms with Crippen LogP contribution in [0.4, 0.5) is 0 Å². The van der Waals surface area contributed by atoms with E-state index in [-0.39, 0.29) is 0 Å². The molecule has 0 unspecified atom stereocenters. The van der Waals surface area contributed by atoms with Gasteiger partial charge in [0.2, 0.25) is 6.29 Å². The molecular weight excluding hydrogens is 224 g/mol. The fourth-order valence-electron chi connectivity index (χ4n) is 1.14. The maximum Gasteiger partial charge on any atom is 0.311 e. The van der Waals surface area contributed by atoms with Crippen LogP contribution >= 0.6 is 0 Å². The number of hydrogen-bond acceptors (Lipinski definition) is 4. The molecule has 0 aromatic heterocycles. The third-order valence-corrected chi connectivity index (χ3v) is 2.12. The van der Waals surface area contributed by atoms with E-state index in [2.05, 4.69) is 0 Å². The van der Waals surface area contributed by atoms with Gasteiger partial charge in [-0.3, -0.25) is 9.59 Å². The van der Waals surface area contributed by atoms with Crippen LogP contribution in [0.2, 0.25) is 0 Å². The molecule has 0 aromatic carbocycles. The van der Waals surface area contributed by atoms with Crippen LogP contribution in [-0.4, -0.2) is 36.4 Å². The van der Waals surface area contributed by atoms with Crippen molar-refractivity contribution in [3.63, 3.8) is 0 Å². The molecule has 0 heterocycles. The Morgan fingerprint density at radius 2 is 1.53 bits per heavy atom. The van der Waals surface area contributed by atoms with E-state index in [9.17, 15) is 9.59 Å². The molecule has 0 spiro atoms. The Kier molecular flexibility index (Phi) is 9.66. The van der Waals surface area contributed by atoms with E-state index in [0.717, 1.165) is 25.7 Å². The van der Waals surface area contributed by atoms with E-state index in [1.807, 2.05) is 13.8 Å². The third-order valence-electron chi connectivity index (χ3n) is 2.12. The van der Waals surface area contributed by atoms with Crippen LogP contribution in [0.25, 0.3) is 0 Å². The minimum absolute atomic E-state index is 0.415. The Bertz CT molecular complexity index is 217. The zero-order valence-electron chi connectivity index (χ0n) is 10.6. The number of ether oxygens (including phenoxy) is 2. The number of unbranched alkanes of at least 4 members (excludes halogenated alkanes) is 2. The molecule has 0 amide bonds. The van der Waals surface area contributed by atoms with Crippen molar-refractivity contribution >= 4 is 11.8 Å². The van der Waals surface area contributed by atoms with Gasteiger partial charge in [-0.05, 0) is 12.8 Å². The smallest absolute Gasteiger partial charge is 0.311 e. The van der Waals surface area contributed by atoms with E-state index in [4.69, 9.17) is 14.6 Å². The standard InChI is InChI=1S/C12H22O5/c1-3-5-7-16-12(17-8-6-4-2)10(13)9-11(14)15/h12H,3-9H2,1-2H3,(H,14,15). The molecule has 0 aliphatic rings. The van der Waals surface area contributed by atoms with Gasteiger partial charge in [0.1, 0.15) is 6.42 Å². The quantitative estimate of drug-likeness (QED) is 0.343. The summed E-state index contributed by atoms with van der Waals surface area (Å²) in [6.07, 6.45) is 1.98. The first kappa shape index (κ1) is 16.1. The maximum absolute atomic E-state index is 11.5. The second-order valence-electron chi connectivity index (χ2n) is 3.82. The summed E-state index contributed by atoms with van der Waals surface area (Å²) < 4.78 is 10.5. The van der Waals surface area contributed by atoms with Gasteiger partial charge in [0.15, 0.2) is 5.78 Å². The van der Waals surface area contributed by atoms with Crippen molar-refractivity contribution in [1.29, 1.82) is 0 Å². The molecule has 5 nitrogen and oxygen atoms in total. The average Bonchev–Trinajstić information content (AvgIpc) is 2.26. The number of carboxylic acid groups (broad SMARTS) is 1. The molecule has 100 valence electrons. The van der Waals surface area contributed by atoms with Gasteiger partial charge >= 0.3 is 5.97 Å². The average molecular weight is 246 g/mol. The maximum atomic E-state index is 11.5. The molecule has 1 N–H and O–H groups in total. The third kappa shape index (κ3) is 8.83. The van der Waals surface area contributed by atoms with Crippen molar-refractivity contribution in [3.05, 3.63) is 0 Å². The summed E-state index contributed by atoms with van der Waals surface area (Å²) in [6, 6.07) is 0. The number of ketones is 1. The Hall–Kier alpha value is -0.940. The highest BCUT2D eigenvalue weighted by Gasteiger charge is 2.21. The second-order valence-corrected chi connectivity index (χ2v) is 3.82. The molecule has 0 saturated carbocycles. The van der Waals surface area contributed by atoms with Crippen molar-refractivity contribution in [2.24, 2.45) is 0 Å². The fraction of sp³-hybridized carbons (Fsp3) is 0.833. The number of Topliss-reactive ketones (excluding diaryl/α,β-unsaturated/α-hetero) is 1. The van der Waals surface area contributed by atoms with E-state index >= 15 is 0 Å². The van der Waals surface area contributed by atoms with Crippen molar-refractivity contribution in [2.75, 3.05) is 13.2 Å². The summed E-state index contributed by atoms with van der Waals surface area (Å²) in [7, 11) is 0. The lowest BCUT2D eigenvalue weighted by Crippen LogP contribution is -2.30. The predicted octanol–water partition coefficient (Wildman–Crippen LogP) is 1.99. The zero-order chi connectivity index (χ0) is 13.1. The molecule has 5 heteroatoms. The lowest BCUT2D eigenvalue weighted by molar-refractivity contribution is -0.173. The van der Waals surface area contributed by atoms with Crippen LogP contribution in [0, 0.1) is 0 Å². The predicted molar refractivity (Wildman–Crippen MR) is 62.8 cm³/mol. The summed E-state index contributed by atoms with van der Waals surface area (Å²) in [5, 5.41) is 8.54. The first-order chi connectivity index (χ1) is 8.11. The summed E-state index contributed by atoms with van der Waals surface area (Å²) >= 11 is 0. The van der Waals surface area contributed by atoms with Gasteiger partial charge in [0, 0.05) is 0 Å². The first-order valence-corrected chi connectivity index (χ1v) is 6.09. The molecule has 0 atom stereocenters. The zero-order valence-corrected chi connectivity index (χ0v) is 10.6. The molecule has 0 aromatic rings. The van der Waals surface area contributed by atoms with Crippen LogP contribution in [0.3, 0.4) is 0 Å². The SMILES string of the molecule is CCCCOC(OCCCC)C(=O)CC(=O)O. The fourth-order valence-corrected chi connectivity index (χ4v) is 1.14. The monoisotopic (exact) mass is 246 g/mol. The number of hydrogen-bond donors (Lipinski definition) is 1. The molecule has 0 rings (SSSR count). The highest BCUT2D eigenvalue weighted by molar-refractivity contribution is 5.96. The molecule has 0 saturated heterocycles.